The van der Waals surface area contributed by atoms with Crippen LogP contribution in [0.4, 0.5) is 4.39 Å². The fourth-order valence-electron chi connectivity index (χ4n) is 3.27. The number of aromatic nitrogens is 6. The third-order valence-corrected chi connectivity index (χ3v) is 4.97. The van der Waals surface area contributed by atoms with Crippen molar-refractivity contribution in [3.05, 3.63) is 72.6 Å². The monoisotopic (exact) mass is 435 g/mol. The summed E-state index contributed by atoms with van der Waals surface area (Å²) >= 11 is 0. The van der Waals surface area contributed by atoms with E-state index in [-0.39, 0.29) is 5.91 Å². The fourth-order valence-corrected chi connectivity index (χ4v) is 3.27. The van der Waals surface area contributed by atoms with E-state index in [1.165, 1.54) is 10.9 Å². The zero-order chi connectivity index (χ0) is 22.5. The highest BCUT2D eigenvalue weighted by Gasteiger charge is 2.20. The molecule has 0 fully saturated rings. The van der Waals surface area contributed by atoms with E-state index in [2.05, 4.69) is 20.3 Å². The number of ether oxygens (including phenoxy) is 1. The van der Waals surface area contributed by atoms with E-state index in [0.717, 1.165) is 6.20 Å². The summed E-state index contributed by atoms with van der Waals surface area (Å²) in [5, 5.41) is 12.8. The van der Waals surface area contributed by atoms with E-state index in [4.69, 9.17) is 4.74 Å². The summed E-state index contributed by atoms with van der Waals surface area (Å²) in [6.07, 6.45) is 6.08. The topological polar surface area (TPSA) is 91.0 Å². The van der Waals surface area contributed by atoms with Crippen molar-refractivity contribution in [3.8, 4) is 22.8 Å². The molecule has 0 saturated carbocycles. The first-order chi connectivity index (χ1) is 15.6. The molecule has 1 aromatic carbocycles. The van der Waals surface area contributed by atoms with Crippen LogP contribution in [0.5, 0.6) is 5.75 Å². The van der Waals surface area contributed by atoms with E-state index in [9.17, 15) is 9.18 Å². The minimum absolute atomic E-state index is 0.161. The lowest BCUT2D eigenvalue weighted by Crippen LogP contribution is -2.34. The molecule has 4 aromatic rings. The standard InChI is InChI=1S/C22H22FN7O2/c1-3-28(12-13-29-11-8-20(27-29)19-6-4-16(23)15-24-19)22(31)18-14-17(32-2)5-7-21(18)30-25-9-10-26-30/h4-11,14-15H,3,12-13H2,1-2H3. The Morgan fingerprint density at radius 3 is 2.62 bits per heavy atom. The van der Waals surface area contributed by atoms with Crippen LogP contribution in [0.25, 0.3) is 17.1 Å². The molecule has 3 aromatic heterocycles. The molecule has 3 heterocycles. The zero-order valence-electron chi connectivity index (χ0n) is 17.7. The van der Waals surface area contributed by atoms with Crippen molar-refractivity contribution in [1.82, 2.24) is 34.7 Å². The Labute approximate surface area is 184 Å². The van der Waals surface area contributed by atoms with Gasteiger partial charge in [-0.05, 0) is 43.3 Å². The van der Waals surface area contributed by atoms with E-state index < -0.39 is 5.82 Å². The summed E-state index contributed by atoms with van der Waals surface area (Å²) in [7, 11) is 1.55. The number of likely N-dealkylation sites (N-methyl/N-ethyl adjacent to an activating group) is 1. The highest BCUT2D eigenvalue weighted by atomic mass is 19.1. The quantitative estimate of drug-likeness (QED) is 0.423. The third kappa shape index (κ3) is 4.48. The maximum atomic E-state index is 13.4. The largest absolute Gasteiger partial charge is 0.497 e. The summed E-state index contributed by atoms with van der Waals surface area (Å²) in [6, 6.07) is 9.95. The van der Waals surface area contributed by atoms with Crippen LogP contribution in [0.15, 0.2) is 61.2 Å². The van der Waals surface area contributed by atoms with Crippen LogP contribution in [0.1, 0.15) is 17.3 Å². The number of carbonyl (C=O) groups excluding carboxylic acids is 1. The number of halogens is 1. The average molecular weight is 435 g/mol. The number of methoxy groups -OCH3 is 1. The normalized spacial score (nSPS) is 10.8. The molecule has 4 rings (SSSR count). The minimum atomic E-state index is -0.396. The molecule has 9 nitrogen and oxygen atoms in total. The van der Waals surface area contributed by atoms with Crippen molar-refractivity contribution < 1.29 is 13.9 Å². The van der Waals surface area contributed by atoms with Gasteiger partial charge in [-0.1, -0.05) is 0 Å². The van der Waals surface area contributed by atoms with Gasteiger partial charge in [0.25, 0.3) is 5.91 Å². The highest BCUT2D eigenvalue weighted by Crippen LogP contribution is 2.22. The van der Waals surface area contributed by atoms with Crippen molar-refractivity contribution in [2.45, 2.75) is 13.5 Å². The van der Waals surface area contributed by atoms with Crippen molar-refractivity contribution in [2.24, 2.45) is 0 Å². The molecular formula is C22H22FN7O2. The number of carbonyl (C=O) groups is 1. The zero-order valence-corrected chi connectivity index (χ0v) is 17.7. The predicted molar refractivity (Wildman–Crippen MR) is 115 cm³/mol. The van der Waals surface area contributed by atoms with Gasteiger partial charge in [0.1, 0.15) is 17.3 Å². The van der Waals surface area contributed by atoms with Crippen molar-refractivity contribution in [3.63, 3.8) is 0 Å². The Hall–Kier alpha value is -4.08. The molecule has 0 aliphatic heterocycles. The van der Waals surface area contributed by atoms with Gasteiger partial charge in [-0.15, -0.1) is 0 Å². The Morgan fingerprint density at radius 1 is 1.12 bits per heavy atom. The molecule has 0 N–H and O–H groups in total. The molecule has 0 bridgehead atoms. The van der Waals surface area contributed by atoms with Gasteiger partial charge in [-0.2, -0.15) is 20.1 Å². The molecule has 0 atom stereocenters. The second-order valence-electron chi connectivity index (χ2n) is 6.91. The first-order valence-corrected chi connectivity index (χ1v) is 10.1. The SMILES string of the molecule is CCN(CCn1ccc(-c2ccc(F)cn2)n1)C(=O)c1cc(OC)ccc1-n1nccn1. The molecule has 0 unspecified atom stereocenters. The second kappa shape index (κ2) is 9.38. The van der Waals surface area contributed by atoms with Gasteiger partial charge in [-0.25, -0.2) is 4.39 Å². The predicted octanol–water partition coefficient (Wildman–Crippen LogP) is 2.84. The Morgan fingerprint density at radius 2 is 1.94 bits per heavy atom. The van der Waals surface area contributed by atoms with E-state index in [1.807, 2.05) is 19.2 Å². The Balaban J connectivity index is 1.51. The number of hydrogen-bond donors (Lipinski definition) is 0. The fraction of sp³-hybridized carbons (Fsp3) is 0.227. The maximum Gasteiger partial charge on any atom is 0.256 e. The first-order valence-electron chi connectivity index (χ1n) is 10.1. The van der Waals surface area contributed by atoms with Gasteiger partial charge in [0.05, 0.1) is 49.2 Å². The lowest BCUT2D eigenvalue weighted by molar-refractivity contribution is 0.0756. The van der Waals surface area contributed by atoms with Crippen LogP contribution in [0.3, 0.4) is 0 Å². The maximum absolute atomic E-state index is 13.4. The van der Waals surface area contributed by atoms with Crippen LogP contribution in [-0.2, 0) is 6.54 Å². The van der Waals surface area contributed by atoms with Crippen LogP contribution >= 0.6 is 0 Å². The molecule has 0 radical (unpaired) electrons. The number of amides is 1. The molecule has 0 saturated heterocycles. The summed E-state index contributed by atoms with van der Waals surface area (Å²) in [4.78, 5) is 20.6. The molecule has 0 aliphatic carbocycles. The van der Waals surface area contributed by atoms with Crippen LogP contribution in [-0.4, -0.2) is 60.8 Å². The van der Waals surface area contributed by atoms with E-state index in [0.29, 0.717) is 48.0 Å². The molecular weight excluding hydrogens is 413 g/mol. The smallest absolute Gasteiger partial charge is 0.256 e. The first kappa shape index (κ1) is 21.2. The highest BCUT2D eigenvalue weighted by molar-refractivity contribution is 5.98. The Bertz CT molecular complexity index is 1190. The minimum Gasteiger partial charge on any atom is -0.497 e. The molecule has 32 heavy (non-hydrogen) atoms. The number of rotatable bonds is 8. The molecule has 1 amide bonds. The molecule has 0 spiro atoms. The third-order valence-electron chi connectivity index (χ3n) is 4.97. The Kier molecular flexibility index (Phi) is 6.20. The summed E-state index contributed by atoms with van der Waals surface area (Å²) in [6.45, 7) is 3.35. The number of hydrogen-bond acceptors (Lipinski definition) is 6. The van der Waals surface area contributed by atoms with Crippen LogP contribution in [0, 0.1) is 5.82 Å². The molecule has 0 aliphatic rings. The summed E-state index contributed by atoms with van der Waals surface area (Å²) in [5.41, 5.74) is 2.24. The lowest BCUT2D eigenvalue weighted by atomic mass is 10.1. The van der Waals surface area contributed by atoms with Gasteiger partial charge in [0.15, 0.2) is 0 Å². The van der Waals surface area contributed by atoms with Crippen molar-refractivity contribution in [2.75, 3.05) is 20.2 Å². The van der Waals surface area contributed by atoms with Gasteiger partial charge in [0.2, 0.25) is 0 Å². The van der Waals surface area contributed by atoms with Crippen molar-refractivity contribution >= 4 is 5.91 Å². The van der Waals surface area contributed by atoms with Gasteiger partial charge < -0.3 is 9.64 Å². The summed E-state index contributed by atoms with van der Waals surface area (Å²) < 4.78 is 20.1. The number of nitrogens with zero attached hydrogens (tertiary/aromatic N) is 7. The van der Waals surface area contributed by atoms with Crippen LogP contribution < -0.4 is 4.74 Å². The van der Waals surface area contributed by atoms with Gasteiger partial charge in [0, 0.05) is 19.3 Å². The van der Waals surface area contributed by atoms with E-state index in [1.54, 1.807) is 53.4 Å². The molecule has 10 heteroatoms. The molecule has 164 valence electrons. The average Bonchev–Trinajstić information content (AvgIpc) is 3.52. The van der Waals surface area contributed by atoms with Crippen molar-refractivity contribution in [1.29, 1.82) is 0 Å². The van der Waals surface area contributed by atoms with Crippen LogP contribution in [0.2, 0.25) is 0 Å². The van der Waals surface area contributed by atoms with E-state index >= 15 is 0 Å². The van der Waals surface area contributed by atoms with Gasteiger partial charge in [-0.3, -0.25) is 14.5 Å². The summed E-state index contributed by atoms with van der Waals surface area (Å²) in [5.74, 6) is 0.0163. The lowest BCUT2D eigenvalue weighted by Gasteiger charge is -2.22. The number of benzene rings is 1. The number of pyridine rings is 1. The second-order valence-corrected chi connectivity index (χ2v) is 6.91. The van der Waals surface area contributed by atoms with Gasteiger partial charge >= 0.3 is 0 Å².